The van der Waals surface area contributed by atoms with Gasteiger partial charge in [0.15, 0.2) is 0 Å². The summed E-state index contributed by atoms with van der Waals surface area (Å²) in [6.45, 7) is 0. The maximum absolute atomic E-state index is 12.8. The second kappa shape index (κ2) is 5.02. The van der Waals surface area contributed by atoms with Gasteiger partial charge in [0.1, 0.15) is 11.6 Å². The molecule has 0 amide bonds. The molecule has 1 aromatic heterocycles. The molecule has 0 spiro atoms. The van der Waals surface area contributed by atoms with E-state index in [1.54, 1.807) is 24.4 Å². The molecule has 2 rings (SSSR count). The van der Waals surface area contributed by atoms with Crippen molar-refractivity contribution in [1.29, 1.82) is 0 Å². The van der Waals surface area contributed by atoms with Crippen molar-refractivity contribution >= 4 is 12.0 Å². The molecule has 0 aliphatic rings. The third kappa shape index (κ3) is 2.88. The Labute approximate surface area is 92.7 Å². The maximum atomic E-state index is 12.8. The van der Waals surface area contributed by atoms with Gasteiger partial charge < -0.3 is 0 Å². The molecule has 3 nitrogen and oxygen atoms in total. The number of rotatable bonds is 3. The van der Waals surface area contributed by atoms with E-state index in [2.05, 4.69) is 15.5 Å². The van der Waals surface area contributed by atoms with E-state index in [4.69, 9.17) is 0 Å². The number of hydrogen-bond donors (Lipinski definition) is 1. The molecule has 0 fully saturated rings. The monoisotopic (exact) mass is 215 g/mol. The zero-order chi connectivity index (χ0) is 11.2. The molecule has 0 radical (unpaired) electrons. The molecule has 1 heterocycles. The molecule has 0 aliphatic heterocycles. The average molecular weight is 215 g/mol. The van der Waals surface area contributed by atoms with Gasteiger partial charge >= 0.3 is 0 Å². The average Bonchev–Trinajstić information content (AvgIpc) is 2.30. The number of halogens is 1. The van der Waals surface area contributed by atoms with Crippen LogP contribution in [0.2, 0.25) is 0 Å². The van der Waals surface area contributed by atoms with Crippen molar-refractivity contribution in [2.24, 2.45) is 5.10 Å². The lowest BCUT2D eigenvalue weighted by atomic mass is 10.2. The third-order valence-corrected chi connectivity index (χ3v) is 1.91. The Bertz CT molecular complexity index is 483. The lowest BCUT2D eigenvalue weighted by Gasteiger charge is -1.97. The van der Waals surface area contributed by atoms with Gasteiger partial charge in [-0.25, -0.2) is 9.37 Å². The van der Waals surface area contributed by atoms with E-state index < -0.39 is 0 Å². The van der Waals surface area contributed by atoms with Crippen molar-refractivity contribution in [3.05, 3.63) is 60.0 Å². The molecule has 0 unspecified atom stereocenters. The maximum Gasteiger partial charge on any atom is 0.146 e. The highest BCUT2D eigenvalue weighted by atomic mass is 19.1. The van der Waals surface area contributed by atoms with Crippen LogP contribution in [0.25, 0.3) is 0 Å². The predicted octanol–water partition coefficient (Wildman–Crippen LogP) is 2.67. The fraction of sp³-hybridized carbons (Fsp3) is 0. The summed E-state index contributed by atoms with van der Waals surface area (Å²) in [5, 5.41) is 3.95. The van der Waals surface area contributed by atoms with Crippen LogP contribution >= 0.6 is 0 Å². The highest BCUT2D eigenvalue weighted by molar-refractivity contribution is 5.79. The lowest BCUT2D eigenvalue weighted by Crippen LogP contribution is -1.92. The molecular formula is C12H10FN3. The first-order chi connectivity index (χ1) is 7.84. The van der Waals surface area contributed by atoms with Crippen LogP contribution in [-0.2, 0) is 0 Å². The Kier molecular flexibility index (Phi) is 3.23. The number of anilines is 1. The van der Waals surface area contributed by atoms with E-state index in [1.165, 1.54) is 18.3 Å². The number of hydrazone groups is 1. The summed E-state index contributed by atoms with van der Waals surface area (Å²) in [7, 11) is 0. The first kappa shape index (κ1) is 10.3. The molecule has 0 atom stereocenters. The van der Waals surface area contributed by atoms with Gasteiger partial charge in [-0.2, -0.15) is 5.10 Å². The Morgan fingerprint density at radius 1 is 1.19 bits per heavy atom. The van der Waals surface area contributed by atoms with Gasteiger partial charge in [0.2, 0.25) is 0 Å². The van der Waals surface area contributed by atoms with Crippen molar-refractivity contribution < 1.29 is 4.39 Å². The number of aromatic nitrogens is 1. The number of hydrogen-bond acceptors (Lipinski definition) is 3. The van der Waals surface area contributed by atoms with Crippen molar-refractivity contribution in [1.82, 2.24) is 4.98 Å². The molecular weight excluding hydrogens is 205 g/mol. The van der Waals surface area contributed by atoms with E-state index >= 15 is 0 Å². The highest BCUT2D eigenvalue weighted by Gasteiger charge is 1.91. The number of benzene rings is 1. The van der Waals surface area contributed by atoms with Crippen molar-refractivity contribution in [3.63, 3.8) is 0 Å². The normalized spacial score (nSPS) is 10.6. The summed E-state index contributed by atoms with van der Waals surface area (Å²) >= 11 is 0. The van der Waals surface area contributed by atoms with Gasteiger partial charge in [0.25, 0.3) is 0 Å². The topological polar surface area (TPSA) is 37.3 Å². The van der Waals surface area contributed by atoms with E-state index in [9.17, 15) is 4.39 Å². The zero-order valence-corrected chi connectivity index (χ0v) is 8.47. The van der Waals surface area contributed by atoms with Gasteiger partial charge in [0.05, 0.1) is 6.21 Å². The standard InChI is InChI=1S/C12H10FN3/c13-11-5-3-4-10(8-11)9-15-16-12-6-1-2-7-14-12/h1-9H,(H,14,16)/b15-9-. The molecule has 16 heavy (non-hydrogen) atoms. The highest BCUT2D eigenvalue weighted by Crippen LogP contribution is 2.02. The summed E-state index contributed by atoms with van der Waals surface area (Å²) in [4.78, 5) is 4.03. The van der Waals surface area contributed by atoms with E-state index in [-0.39, 0.29) is 5.82 Å². The minimum atomic E-state index is -0.276. The Morgan fingerprint density at radius 3 is 2.88 bits per heavy atom. The molecule has 0 saturated carbocycles. The summed E-state index contributed by atoms with van der Waals surface area (Å²) in [6.07, 6.45) is 3.21. The molecule has 0 bridgehead atoms. The second-order valence-electron chi connectivity index (χ2n) is 3.14. The molecule has 1 N–H and O–H groups in total. The van der Waals surface area contributed by atoms with Crippen LogP contribution < -0.4 is 5.43 Å². The summed E-state index contributed by atoms with van der Waals surface area (Å²) in [5.74, 6) is 0.372. The molecule has 2 aromatic rings. The van der Waals surface area contributed by atoms with Gasteiger partial charge in [-0.1, -0.05) is 18.2 Å². The summed E-state index contributed by atoms with van der Waals surface area (Å²) < 4.78 is 12.8. The smallest absolute Gasteiger partial charge is 0.146 e. The van der Waals surface area contributed by atoms with Crippen LogP contribution in [0.4, 0.5) is 10.2 Å². The van der Waals surface area contributed by atoms with Gasteiger partial charge in [-0.3, -0.25) is 5.43 Å². The fourth-order valence-electron chi connectivity index (χ4n) is 1.19. The van der Waals surface area contributed by atoms with Crippen LogP contribution in [0.3, 0.4) is 0 Å². The van der Waals surface area contributed by atoms with E-state index in [1.807, 2.05) is 12.1 Å². The zero-order valence-electron chi connectivity index (χ0n) is 8.47. The third-order valence-electron chi connectivity index (χ3n) is 1.91. The largest absolute Gasteiger partial charge is 0.261 e. The van der Waals surface area contributed by atoms with Gasteiger partial charge in [-0.05, 0) is 29.8 Å². The minimum absolute atomic E-state index is 0.276. The molecule has 0 aliphatic carbocycles. The summed E-state index contributed by atoms with van der Waals surface area (Å²) in [5.41, 5.74) is 3.45. The molecule has 80 valence electrons. The van der Waals surface area contributed by atoms with Crippen molar-refractivity contribution in [2.75, 3.05) is 5.43 Å². The van der Waals surface area contributed by atoms with Crippen LogP contribution in [0.1, 0.15) is 5.56 Å². The number of pyridine rings is 1. The van der Waals surface area contributed by atoms with Crippen LogP contribution in [0.15, 0.2) is 53.8 Å². The van der Waals surface area contributed by atoms with Gasteiger partial charge in [0, 0.05) is 6.20 Å². The van der Waals surface area contributed by atoms with Crippen molar-refractivity contribution in [2.45, 2.75) is 0 Å². The predicted molar refractivity (Wildman–Crippen MR) is 61.9 cm³/mol. The Balaban J connectivity index is 2.00. The van der Waals surface area contributed by atoms with Crippen molar-refractivity contribution in [3.8, 4) is 0 Å². The first-order valence-electron chi connectivity index (χ1n) is 4.80. The van der Waals surface area contributed by atoms with E-state index in [0.29, 0.717) is 11.4 Å². The fourth-order valence-corrected chi connectivity index (χ4v) is 1.19. The lowest BCUT2D eigenvalue weighted by molar-refractivity contribution is 0.627. The minimum Gasteiger partial charge on any atom is -0.261 e. The quantitative estimate of drug-likeness (QED) is 0.631. The Hall–Kier alpha value is -2.23. The molecule has 4 heteroatoms. The second-order valence-corrected chi connectivity index (χ2v) is 3.14. The Morgan fingerprint density at radius 2 is 2.12 bits per heavy atom. The van der Waals surface area contributed by atoms with Crippen LogP contribution in [-0.4, -0.2) is 11.2 Å². The van der Waals surface area contributed by atoms with E-state index in [0.717, 1.165) is 0 Å². The number of nitrogens with one attached hydrogen (secondary N) is 1. The summed E-state index contributed by atoms with van der Waals surface area (Å²) in [6, 6.07) is 11.7. The molecule has 1 aromatic carbocycles. The SMILES string of the molecule is Fc1cccc(/C=N\Nc2ccccn2)c1. The van der Waals surface area contributed by atoms with Crippen LogP contribution in [0.5, 0.6) is 0 Å². The first-order valence-corrected chi connectivity index (χ1v) is 4.80. The number of nitrogens with zero attached hydrogens (tertiary/aromatic N) is 2. The van der Waals surface area contributed by atoms with Crippen LogP contribution in [0, 0.1) is 5.82 Å². The van der Waals surface area contributed by atoms with Gasteiger partial charge in [-0.15, -0.1) is 0 Å². The molecule has 0 saturated heterocycles.